The zero-order valence-electron chi connectivity index (χ0n) is 14.9. The summed E-state index contributed by atoms with van der Waals surface area (Å²) in [6, 6.07) is 4.13. The van der Waals surface area contributed by atoms with E-state index in [1.165, 1.54) is 18.2 Å². The fourth-order valence-electron chi connectivity index (χ4n) is 2.16. The Morgan fingerprint density at radius 3 is 2.70 bits per heavy atom. The van der Waals surface area contributed by atoms with Crippen LogP contribution in [0, 0.1) is 5.82 Å². The van der Waals surface area contributed by atoms with E-state index in [1.54, 1.807) is 0 Å². The fourth-order valence-corrected chi connectivity index (χ4v) is 3.94. The van der Waals surface area contributed by atoms with E-state index in [0.29, 0.717) is 31.1 Å². The lowest BCUT2D eigenvalue weighted by Crippen LogP contribution is -2.24. The third kappa shape index (κ3) is 5.83. The number of hydrogen-bond acceptors (Lipinski definition) is 7. The van der Waals surface area contributed by atoms with Crippen molar-refractivity contribution in [3.05, 3.63) is 34.2 Å². The van der Waals surface area contributed by atoms with E-state index in [0.717, 1.165) is 0 Å². The first-order valence-electron chi connectivity index (χ1n) is 8.26. The van der Waals surface area contributed by atoms with E-state index in [2.05, 4.69) is 41.6 Å². The number of amidine groups is 1. The van der Waals surface area contributed by atoms with E-state index in [4.69, 9.17) is 4.63 Å². The molecule has 0 fully saturated rings. The molecule has 0 amide bonds. The first-order chi connectivity index (χ1) is 12.9. The molecule has 9 nitrogen and oxygen atoms in total. The number of hydrogen-bond donors (Lipinski definition) is 4. The van der Waals surface area contributed by atoms with Gasteiger partial charge in [0.15, 0.2) is 11.5 Å². The molecule has 0 atom stereocenters. The molecule has 0 saturated carbocycles. The summed E-state index contributed by atoms with van der Waals surface area (Å²) in [6.45, 7) is 4.63. The smallest absolute Gasteiger partial charge is 0.202 e. The zero-order valence-corrected chi connectivity index (χ0v) is 17.3. The molecule has 1 aromatic carbocycles. The summed E-state index contributed by atoms with van der Waals surface area (Å²) in [7, 11) is -2.34. The van der Waals surface area contributed by atoms with Gasteiger partial charge in [-0.15, -0.1) is 0 Å². The van der Waals surface area contributed by atoms with Gasteiger partial charge in [0.25, 0.3) is 0 Å². The van der Waals surface area contributed by atoms with Gasteiger partial charge in [0.1, 0.15) is 13.1 Å². The molecule has 27 heavy (non-hydrogen) atoms. The third-order valence-corrected chi connectivity index (χ3v) is 7.25. The summed E-state index contributed by atoms with van der Waals surface area (Å²) in [5.74, 6) is -0.207. The molecule has 12 heteroatoms. The topological polar surface area (TPSA) is 125 Å². The monoisotopic (exact) mass is 462 g/mol. The van der Waals surface area contributed by atoms with E-state index < -0.39 is 13.1 Å². The number of hydroxylamine groups is 1. The highest BCUT2D eigenvalue weighted by Crippen LogP contribution is 2.38. The van der Waals surface area contributed by atoms with Gasteiger partial charge in [-0.3, -0.25) is 15.8 Å². The van der Waals surface area contributed by atoms with Crippen LogP contribution in [0.5, 0.6) is 0 Å². The molecule has 0 aliphatic rings. The average molecular weight is 463 g/mol. The molecule has 0 aliphatic carbocycles. The van der Waals surface area contributed by atoms with Crippen LogP contribution in [-0.4, -0.2) is 46.8 Å². The number of rotatable bonds is 9. The van der Waals surface area contributed by atoms with Crippen molar-refractivity contribution in [2.24, 2.45) is 4.99 Å². The van der Waals surface area contributed by atoms with E-state index in [9.17, 15) is 14.2 Å². The number of nitrogens with zero attached hydrogens (tertiary/aromatic N) is 3. The Bertz CT molecular complexity index is 839. The van der Waals surface area contributed by atoms with Gasteiger partial charge in [-0.05, 0) is 44.4 Å². The van der Waals surface area contributed by atoms with Gasteiger partial charge in [0.05, 0.1) is 10.2 Å². The van der Waals surface area contributed by atoms with E-state index >= 15 is 0 Å². The summed E-state index contributed by atoms with van der Waals surface area (Å²) in [6.07, 6.45) is 1.16. The van der Waals surface area contributed by atoms with Crippen LogP contribution in [0.25, 0.3) is 0 Å². The molecule has 1 heterocycles. The maximum Gasteiger partial charge on any atom is 0.202 e. The minimum atomic E-state index is -2.34. The molecule has 2 rings (SSSR count). The minimum Gasteiger partial charge on any atom is -0.364 e. The number of aliphatic imine (C=N–C) groups is 1. The number of aromatic nitrogens is 2. The quantitative estimate of drug-likeness (QED) is 0.147. The van der Waals surface area contributed by atoms with Crippen LogP contribution in [0.2, 0.25) is 0 Å². The maximum absolute atomic E-state index is 13.3. The number of anilines is 1. The van der Waals surface area contributed by atoms with Gasteiger partial charge in [0.2, 0.25) is 5.82 Å². The Hall–Kier alpha value is -1.81. The van der Waals surface area contributed by atoms with E-state index in [-0.39, 0.29) is 21.8 Å². The normalized spacial score (nSPS) is 12.3. The first kappa shape index (κ1) is 21.5. The van der Waals surface area contributed by atoms with Gasteiger partial charge in [-0.2, -0.15) is 0 Å². The second-order valence-corrected chi connectivity index (χ2v) is 9.70. The van der Waals surface area contributed by atoms with Crippen LogP contribution in [-0.2, 0) is 4.57 Å². The van der Waals surface area contributed by atoms with Crippen LogP contribution in [0.15, 0.2) is 32.3 Å². The fraction of sp³-hybridized carbons (Fsp3) is 0.400. The highest BCUT2D eigenvalue weighted by molar-refractivity contribution is 9.10. The largest absolute Gasteiger partial charge is 0.364 e. The van der Waals surface area contributed by atoms with Gasteiger partial charge in [0, 0.05) is 25.4 Å². The summed E-state index contributed by atoms with van der Waals surface area (Å²) >= 11 is 3.08. The predicted molar refractivity (Wildman–Crippen MR) is 105 cm³/mol. The summed E-state index contributed by atoms with van der Waals surface area (Å²) < 4.78 is 30.6. The predicted octanol–water partition coefficient (Wildman–Crippen LogP) is 3.35. The van der Waals surface area contributed by atoms with Crippen LogP contribution in [0.1, 0.15) is 19.5 Å². The molecule has 1 aromatic heterocycles. The highest BCUT2D eigenvalue weighted by Gasteiger charge is 2.18. The molecule has 148 valence electrons. The van der Waals surface area contributed by atoms with Crippen molar-refractivity contribution in [3.63, 3.8) is 0 Å². The Morgan fingerprint density at radius 2 is 2.07 bits per heavy atom. The Morgan fingerprint density at radius 1 is 1.33 bits per heavy atom. The molecule has 0 saturated heterocycles. The van der Waals surface area contributed by atoms with Gasteiger partial charge < -0.3 is 9.88 Å². The third-order valence-electron chi connectivity index (χ3n) is 3.80. The number of benzene rings is 1. The molecule has 0 aliphatic heterocycles. The Labute approximate surface area is 164 Å². The Kier molecular flexibility index (Phi) is 7.91. The SMILES string of the molecule is CCP(=O)(CC)NCCNc1nonc1C(=Nc1ccc(F)c(Br)c1)NO. The molecular weight excluding hydrogens is 442 g/mol. The lowest BCUT2D eigenvalue weighted by Gasteiger charge is -2.15. The van der Waals surface area contributed by atoms with Crippen molar-refractivity contribution >= 4 is 40.6 Å². The van der Waals surface area contributed by atoms with Gasteiger partial charge in [-0.1, -0.05) is 13.8 Å². The lowest BCUT2D eigenvalue weighted by molar-refractivity contribution is 0.234. The Balaban J connectivity index is 2.08. The van der Waals surface area contributed by atoms with Crippen molar-refractivity contribution in [2.45, 2.75) is 13.8 Å². The molecule has 4 N–H and O–H groups in total. The zero-order chi connectivity index (χ0) is 19.9. The average Bonchev–Trinajstić information content (AvgIpc) is 3.14. The van der Waals surface area contributed by atoms with Gasteiger partial charge in [-0.25, -0.2) is 14.0 Å². The maximum atomic E-state index is 13.3. The van der Waals surface area contributed by atoms with Crippen LogP contribution in [0.3, 0.4) is 0 Å². The second-order valence-electron chi connectivity index (χ2n) is 5.49. The van der Waals surface area contributed by atoms with Crippen LogP contribution >= 0.6 is 23.2 Å². The molecule has 0 spiro atoms. The van der Waals surface area contributed by atoms with Crippen molar-refractivity contribution in [3.8, 4) is 0 Å². The molecule has 2 aromatic rings. The van der Waals surface area contributed by atoms with Crippen LogP contribution < -0.4 is 15.9 Å². The molecule has 0 bridgehead atoms. The molecule has 0 unspecified atom stereocenters. The summed E-state index contributed by atoms with van der Waals surface area (Å²) in [5.41, 5.74) is 2.46. The highest BCUT2D eigenvalue weighted by atomic mass is 79.9. The van der Waals surface area contributed by atoms with Crippen molar-refractivity contribution in [1.29, 1.82) is 0 Å². The molecule has 0 radical (unpaired) electrons. The second kappa shape index (κ2) is 9.93. The van der Waals surface area contributed by atoms with Gasteiger partial charge >= 0.3 is 0 Å². The number of halogens is 2. The summed E-state index contributed by atoms with van der Waals surface area (Å²) in [4.78, 5) is 4.17. The summed E-state index contributed by atoms with van der Waals surface area (Å²) in [5, 5.41) is 22.9. The first-order valence-corrected chi connectivity index (χ1v) is 11.1. The standard InChI is InChI=1S/C15H21BrFN6O3P/c1-3-27(25,4-2)19-8-7-18-14-13(22-26-23-14)15(21-24)20-10-5-6-12(17)11(16)9-10/h5-6,9,24H,3-4,7-8H2,1-2H3,(H,18,23)(H,19,25)(H,20,21). The van der Waals surface area contributed by atoms with Crippen molar-refractivity contribution < 1.29 is 18.8 Å². The minimum absolute atomic E-state index is 0.0296. The van der Waals surface area contributed by atoms with Crippen LogP contribution in [0.4, 0.5) is 15.9 Å². The number of nitrogens with one attached hydrogen (secondary N) is 3. The van der Waals surface area contributed by atoms with E-state index in [1.807, 2.05) is 19.3 Å². The molecular formula is C15H21BrFN6O3P. The van der Waals surface area contributed by atoms with Crippen molar-refractivity contribution in [1.82, 2.24) is 20.9 Å². The lowest BCUT2D eigenvalue weighted by atomic mass is 10.3. The van der Waals surface area contributed by atoms with Crippen molar-refractivity contribution in [2.75, 3.05) is 30.7 Å².